The molecule has 160 valence electrons. The summed E-state index contributed by atoms with van der Waals surface area (Å²) in [6.45, 7) is 1.33. The molecule has 0 radical (unpaired) electrons. The summed E-state index contributed by atoms with van der Waals surface area (Å²) < 4.78 is 30.6. The van der Waals surface area contributed by atoms with E-state index in [1.165, 1.54) is 5.56 Å². The van der Waals surface area contributed by atoms with E-state index in [1.807, 2.05) is 29.2 Å². The number of hydrogen-bond acceptors (Lipinski definition) is 4. The van der Waals surface area contributed by atoms with E-state index in [1.54, 1.807) is 61.7 Å². The monoisotopic (exact) mass is 435 g/mol. The lowest BCUT2D eigenvalue weighted by Gasteiger charge is -2.17. The third kappa shape index (κ3) is 4.80. The summed E-state index contributed by atoms with van der Waals surface area (Å²) in [6.07, 6.45) is 0.903. The standard InChI is InChI=1S/C25H25NO4S/c1-30-23-12-10-20(11-13-23)22-14-15-26(17-22)25(27)21-7-5-6-19(16-21)18-31(28,29)24-8-3-2-4-9-24/h2-13,16,22H,14-15,17-18H2,1H3. The molecule has 1 aliphatic rings. The van der Waals surface area contributed by atoms with Gasteiger partial charge in [-0.1, -0.05) is 42.5 Å². The van der Waals surface area contributed by atoms with E-state index in [0.29, 0.717) is 24.2 Å². The van der Waals surface area contributed by atoms with Crippen molar-refractivity contribution >= 4 is 15.7 Å². The Morgan fingerprint density at radius 1 is 1.00 bits per heavy atom. The number of carbonyl (C=O) groups excluding carboxylic acids is 1. The zero-order valence-corrected chi connectivity index (χ0v) is 18.2. The Bertz CT molecular complexity index is 1160. The number of likely N-dealkylation sites (tertiary alicyclic amines) is 1. The Kier molecular flexibility index (Phi) is 6.09. The third-order valence-corrected chi connectivity index (χ3v) is 7.40. The number of nitrogens with zero attached hydrogens (tertiary/aromatic N) is 1. The van der Waals surface area contributed by atoms with Gasteiger partial charge in [-0.05, 0) is 53.9 Å². The maximum atomic E-state index is 13.1. The van der Waals surface area contributed by atoms with Gasteiger partial charge in [-0.3, -0.25) is 4.79 Å². The minimum atomic E-state index is -3.46. The maximum absolute atomic E-state index is 13.1. The minimum Gasteiger partial charge on any atom is -0.497 e. The van der Waals surface area contributed by atoms with Gasteiger partial charge >= 0.3 is 0 Å². The molecule has 0 bridgehead atoms. The Hall–Kier alpha value is -3.12. The second kappa shape index (κ2) is 8.94. The lowest BCUT2D eigenvalue weighted by molar-refractivity contribution is 0.0790. The summed E-state index contributed by atoms with van der Waals surface area (Å²) in [5, 5.41) is 0. The topological polar surface area (TPSA) is 63.7 Å². The van der Waals surface area contributed by atoms with Crippen molar-refractivity contribution in [3.63, 3.8) is 0 Å². The van der Waals surface area contributed by atoms with Gasteiger partial charge in [-0.15, -0.1) is 0 Å². The molecule has 1 fully saturated rings. The van der Waals surface area contributed by atoms with Crippen LogP contribution in [0.25, 0.3) is 0 Å². The SMILES string of the molecule is COc1ccc(C2CCN(C(=O)c3cccc(CS(=O)(=O)c4ccccc4)c3)C2)cc1. The number of ether oxygens (including phenoxy) is 1. The quantitative estimate of drug-likeness (QED) is 0.579. The van der Waals surface area contributed by atoms with Crippen molar-refractivity contribution in [2.75, 3.05) is 20.2 Å². The highest BCUT2D eigenvalue weighted by atomic mass is 32.2. The van der Waals surface area contributed by atoms with Gasteiger partial charge in [0.15, 0.2) is 9.84 Å². The van der Waals surface area contributed by atoms with Crippen LogP contribution in [0.2, 0.25) is 0 Å². The molecule has 3 aromatic carbocycles. The summed E-state index contributed by atoms with van der Waals surface area (Å²) in [5.41, 5.74) is 2.33. The first-order chi connectivity index (χ1) is 15.0. The van der Waals surface area contributed by atoms with E-state index < -0.39 is 9.84 Å². The second-order valence-corrected chi connectivity index (χ2v) is 9.77. The smallest absolute Gasteiger partial charge is 0.253 e. The summed E-state index contributed by atoms with van der Waals surface area (Å²) in [5.74, 6) is 0.912. The largest absolute Gasteiger partial charge is 0.497 e. The predicted molar refractivity (Wildman–Crippen MR) is 120 cm³/mol. The van der Waals surface area contributed by atoms with Gasteiger partial charge in [0.25, 0.3) is 5.91 Å². The summed E-state index contributed by atoms with van der Waals surface area (Å²) in [4.78, 5) is 15.2. The third-order valence-electron chi connectivity index (χ3n) is 5.70. The molecule has 5 nitrogen and oxygen atoms in total. The van der Waals surface area contributed by atoms with E-state index in [0.717, 1.165) is 12.2 Å². The van der Waals surface area contributed by atoms with Crippen molar-refractivity contribution in [3.05, 3.63) is 95.6 Å². The Morgan fingerprint density at radius 3 is 2.45 bits per heavy atom. The predicted octanol–water partition coefficient (Wildman–Crippen LogP) is 4.30. The van der Waals surface area contributed by atoms with E-state index in [9.17, 15) is 13.2 Å². The molecule has 1 unspecified atom stereocenters. The Morgan fingerprint density at radius 2 is 1.74 bits per heavy atom. The number of benzene rings is 3. The first kappa shape index (κ1) is 21.1. The lowest BCUT2D eigenvalue weighted by atomic mass is 9.98. The van der Waals surface area contributed by atoms with Crippen LogP contribution in [0.3, 0.4) is 0 Å². The average molecular weight is 436 g/mol. The fraction of sp³-hybridized carbons (Fsp3) is 0.240. The van der Waals surface area contributed by atoms with E-state index >= 15 is 0 Å². The molecule has 3 aromatic rings. The Balaban J connectivity index is 1.46. The zero-order valence-electron chi connectivity index (χ0n) is 17.4. The van der Waals surface area contributed by atoms with Crippen molar-refractivity contribution < 1.29 is 17.9 Å². The first-order valence-corrected chi connectivity index (χ1v) is 11.9. The fourth-order valence-electron chi connectivity index (χ4n) is 4.00. The number of carbonyl (C=O) groups is 1. The molecule has 1 atom stereocenters. The van der Waals surface area contributed by atoms with Crippen LogP contribution in [0.5, 0.6) is 5.75 Å². The van der Waals surface area contributed by atoms with Crippen molar-refractivity contribution in [3.8, 4) is 5.75 Å². The van der Waals surface area contributed by atoms with E-state index in [4.69, 9.17) is 4.74 Å². The minimum absolute atomic E-state index is 0.0602. The van der Waals surface area contributed by atoms with Crippen molar-refractivity contribution in [2.24, 2.45) is 0 Å². The molecule has 1 heterocycles. The van der Waals surface area contributed by atoms with Crippen LogP contribution in [0, 0.1) is 0 Å². The molecule has 4 rings (SSSR count). The number of amides is 1. The van der Waals surface area contributed by atoms with Gasteiger partial charge in [0, 0.05) is 24.6 Å². The van der Waals surface area contributed by atoms with Gasteiger partial charge in [-0.25, -0.2) is 8.42 Å². The van der Waals surface area contributed by atoms with Gasteiger partial charge in [-0.2, -0.15) is 0 Å². The molecule has 31 heavy (non-hydrogen) atoms. The molecule has 0 spiro atoms. The zero-order chi connectivity index (χ0) is 21.8. The van der Waals surface area contributed by atoms with Gasteiger partial charge < -0.3 is 9.64 Å². The normalized spacial score (nSPS) is 16.3. The molecule has 0 N–H and O–H groups in total. The van der Waals surface area contributed by atoms with Crippen molar-refractivity contribution in [1.82, 2.24) is 4.90 Å². The van der Waals surface area contributed by atoms with Gasteiger partial charge in [0.2, 0.25) is 0 Å². The van der Waals surface area contributed by atoms with Crippen LogP contribution in [0.1, 0.15) is 33.8 Å². The molecule has 0 aliphatic carbocycles. The summed E-state index contributed by atoms with van der Waals surface area (Å²) >= 11 is 0. The number of methoxy groups -OCH3 is 1. The van der Waals surface area contributed by atoms with E-state index in [2.05, 4.69) is 0 Å². The molecule has 0 saturated carbocycles. The van der Waals surface area contributed by atoms with E-state index in [-0.39, 0.29) is 22.5 Å². The van der Waals surface area contributed by atoms with Gasteiger partial charge in [0.1, 0.15) is 5.75 Å². The first-order valence-electron chi connectivity index (χ1n) is 10.3. The van der Waals surface area contributed by atoms with Crippen LogP contribution in [0.4, 0.5) is 0 Å². The molecular formula is C25H25NO4S. The molecule has 6 heteroatoms. The van der Waals surface area contributed by atoms with Crippen LogP contribution < -0.4 is 4.74 Å². The highest BCUT2D eigenvalue weighted by Crippen LogP contribution is 2.29. The number of hydrogen-bond donors (Lipinski definition) is 0. The molecule has 1 saturated heterocycles. The van der Waals surface area contributed by atoms with Crippen LogP contribution in [0.15, 0.2) is 83.8 Å². The van der Waals surface area contributed by atoms with Crippen molar-refractivity contribution in [1.29, 1.82) is 0 Å². The molecule has 1 aliphatic heterocycles. The van der Waals surface area contributed by atoms with Crippen LogP contribution in [-0.4, -0.2) is 39.4 Å². The molecule has 0 aromatic heterocycles. The number of rotatable bonds is 6. The second-order valence-electron chi connectivity index (χ2n) is 7.78. The summed E-state index contributed by atoms with van der Waals surface area (Å²) in [6, 6.07) is 23.3. The molecular weight excluding hydrogens is 410 g/mol. The maximum Gasteiger partial charge on any atom is 0.253 e. The number of sulfone groups is 1. The highest BCUT2D eigenvalue weighted by molar-refractivity contribution is 7.90. The summed E-state index contributed by atoms with van der Waals surface area (Å²) in [7, 11) is -1.82. The molecule has 1 amide bonds. The fourth-order valence-corrected chi connectivity index (χ4v) is 5.36. The van der Waals surface area contributed by atoms with Crippen molar-refractivity contribution in [2.45, 2.75) is 23.0 Å². The Labute approximate surface area is 183 Å². The van der Waals surface area contributed by atoms with Crippen LogP contribution in [-0.2, 0) is 15.6 Å². The van der Waals surface area contributed by atoms with Crippen LogP contribution >= 0.6 is 0 Å². The highest BCUT2D eigenvalue weighted by Gasteiger charge is 2.28. The average Bonchev–Trinajstić information content (AvgIpc) is 3.29. The lowest BCUT2D eigenvalue weighted by Crippen LogP contribution is -2.28. The van der Waals surface area contributed by atoms with Gasteiger partial charge in [0.05, 0.1) is 17.8 Å².